The lowest BCUT2D eigenvalue weighted by molar-refractivity contribution is -0.650. The Morgan fingerprint density at radius 1 is 1.16 bits per heavy atom. The molecule has 0 amide bonds. The van der Waals surface area contributed by atoms with E-state index in [9.17, 15) is 17.7 Å². The van der Waals surface area contributed by atoms with Crippen molar-refractivity contribution in [2.24, 2.45) is 17.8 Å². The van der Waals surface area contributed by atoms with E-state index in [1.165, 1.54) is 24.3 Å². The summed E-state index contributed by atoms with van der Waals surface area (Å²) in [4.78, 5) is 28.9. The van der Waals surface area contributed by atoms with Crippen LogP contribution in [0.4, 0.5) is 13.2 Å². The summed E-state index contributed by atoms with van der Waals surface area (Å²) in [7, 11) is -4.87. The average Bonchev–Trinajstić information content (AvgIpc) is 2.57. The average molecular weight is 485 g/mol. The molecule has 4 aliphatic carbocycles. The van der Waals surface area contributed by atoms with E-state index in [1.54, 1.807) is 0 Å². The van der Waals surface area contributed by atoms with Crippen molar-refractivity contribution < 1.29 is 46.6 Å². The number of hydrogen-bond donors (Lipinski definition) is 2. The molecule has 1 saturated heterocycles. The van der Waals surface area contributed by atoms with Crippen molar-refractivity contribution in [1.29, 1.82) is 0 Å². The number of hydrogen-bond acceptors (Lipinski definition) is 5. The fourth-order valence-corrected chi connectivity index (χ4v) is 7.31. The van der Waals surface area contributed by atoms with Gasteiger partial charge in [-0.25, -0.2) is 9.45 Å². The Morgan fingerprint density at radius 2 is 1.84 bits per heavy atom. The summed E-state index contributed by atoms with van der Waals surface area (Å²) in [6, 6.07) is 5.40. The molecule has 0 radical (unpaired) electrons. The summed E-state index contributed by atoms with van der Waals surface area (Å²) in [5.74, 6) is -2.10. The van der Waals surface area contributed by atoms with Gasteiger partial charge in [0.25, 0.3) is 5.79 Å². The van der Waals surface area contributed by atoms with E-state index in [0.29, 0.717) is 18.8 Å². The number of benzene rings is 1. The van der Waals surface area contributed by atoms with Gasteiger partial charge in [-0.1, -0.05) is 12.1 Å². The van der Waals surface area contributed by atoms with E-state index in [0.717, 1.165) is 19.3 Å². The second-order valence-electron chi connectivity index (χ2n) is 9.08. The Morgan fingerprint density at radius 3 is 2.35 bits per heavy atom. The van der Waals surface area contributed by atoms with Gasteiger partial charge in [-0.05, 0) is 62.0 Å². The predicted octanol–water partition coefficient (Wildman–Crippen LogP) is 4.41. The van der Waals surface area contributed by atoms with Crippen LogP contribution in [0.25, 0.3) is 0 Å². The lowest BCUT2D eigenvalue weighted by Crippen LogP contribution is -2.78. The van der Waals surface area contributed by atoms with Crippen LogP contribution in [0.5, 0.6) is 5.75 Å². The first-order valence-electron chi connectivity index (χ1n) is 9.96. The minimum absolute atomic E-state index is 0.144. The van der Waals surface area contributed by atoms with Crippen LogP contribution >= 0.6 is 19.4 Å². The maximum Gasteiger partial charge on any atom is 0.524 e. The summed E-state index contributed by atoms with van der Waals surface area (Å²) < 4.78 is 60.8. The summed E-state index contributed by atoms with van der Waals surface area (Å²) >= 11 is 6.80. The molecule has 5 fully saturated rings. The summed E-state index contributed by atoms with van der Waals surface area (Å²) in [6.07, 6.45) is -1.12. The fourth-order valence-electron chi connectivity index (χ4n) is 6.33. The zero-order chi connectivity index (χ0) is 22.3. The van der Waals surface area contributed by atoms with Gasteiger partial charge in [0, 0.05) is 10.4 Å². The zero-order valence-corrected chi connectivity index (χ0v) is 17.8. The zero-order valence-electron chi connectivity index (χ0n) is 16.2. The lowest BCUT2D eigenvalue weighted by atomic mass is 9.46. The molecule has 6 rings (SSSR count). The highest BCUT2D eigenvalue weighted by atomic mass is 35.5. The minimum Gasteiger partial charge on any atom is -0.404 e. The summed E-state index contributed by atoms with van der Waals surface area (Å²) in [5, 5.41) is 0. The molecule has 2 N–H and O–H groups in total. The largest absolute Gasteiger partial charge is 0.524 e. The number of phosphoric acid groups is 1. The third-order valence-electron chi connectivity index (χ3n) is 7.02. The quantitative estimate of drug-likeness (QED) is 0.363. The maximum atomic E-state index is 13.2. The van der Waals surface area contributed by atoms with E-state index >= 15 is 0 Å². The van der Waals surface area contributed by atoms with Crippen LogP contribution in [-0.4, -0.2) is 33.0 Å². The molecule has 4 bridgehead atoms. The van der Waals surface area contributed by atoms with Crippen molar-refractivity contribution in [2.45, 2.75) is 54.5 Å². The SMILES string of the molecule is O=P(O)(O)Oc1cccc(C2(OCC(F)(F)F)OOC23C2CC4CC3CC(Cl)(C4)C2)c1. The van der Waals surface area contributed by atoms with Gasteiger partial charge in [-0.2, -0.15) is 18.1 Å². The minimum atomic E-state index is -4.87. The highest BCUT2D eigenvalue weighted by molar-refractivity contribution is 7.46. The molecular formula is C19H21ClF3O7P. The molecule has 1 spiro atoms. The fraction of sp³-hybridized carbons (Fsp3) is 0.684. The van der Waals surface area contributed by atoms with Gasteiger partial charge in [0.05, 0.1) is 0 Å². The number of phosphoric ester groups is 1. The first-order chi connectivity index (χ1) is 14.3. The van der Waals surface area contributed by atoms with Gasteiger partial charge >= 0.3 is 14.0 Å². The second kappa shape index (κ2) is 6.82. The highest BCUT2D eigenvalue weighted by Gasteiger charge is 2.78. The van der Waals surface area contributed by atoms with Crippen LogP contribution in [0.3, 0.4) is 0 Å². The molecule has 5 aliphatic rings. The molecule has 1 heterocycles. The molecule has 7 nitrogen and oxygen atoms in total. The van der Waals surface area contributed by atoms with Crippen LogP contribution in [0.15, 0.2) is 24.3 Å². The van der Waals surface area contributed by atoms with Gasteiger partial charge in [-0.3, -0.25) is 9.79 Å². The normalized spacial score (nSPS) is 41.4. The molecule has 3 unspecified atom stereocenters. The van der Waals surface area contributed by atoms with Crippen molar-refractivity contribution in [2.75, 3.05) is 6.61 Å². The molecule has 172 valence electrons. The number of rotatable bonds is 5. The Hall–Kier alpha value is -0.870. The summed E-state index contributed by atoms with van der Waals surface area (Å²) in [5.41, 5.74) is -1.03. The van der Waals surface area contributed by atoms with E-state index in [4.69, 9.17) is 35.9 Å². The Bertz CT molecular complexity index is 921. The maximum absolute atomic E-state index is 13.2. The van der Waals surface area contributed by atoms with Crippen molar-refractivity contribution in [3.05, 3.63) is 29.8 Å². The lowest BCUT2D eigenvalue weighted by Gasteiger charge is -2.70. The standard InChI is InChI=1S/C19H21ClF3O7P/c20-16-7-11-4-13(8-16)18(14(5-11)9-16)19(30-29-18,27-10-17(21,22)23)12-2-1-3-15(6-12)28-31(24,25)26/h1-3,6,11,13-14H,4-5,7-10H2,(H2,24,25,26). The highest BCUT2D eigenvalue weighted by Crippen LogP contribution is 2.71. The first kappa shape index (κ1) is 21.9. The van der Waals surface area contributed by atoms with Crippen molar-refractivity contribution in [1.82, 2.24) is 0 Å². The van der Waals surface area contributed by atoms with E-state index in [2.05, 4.69) is 4.52 Å². The Balaban J connectivity index is 1.57. The number of alkyl halides is 4. The van der Waals surface area contributed by atoms with Gasteiger partial charge in [0.2, 0.25) is 0 Å². The van der Waals surface area contributed by atoms with Gasteiger partial charge < -0.3 is 9.26 Å². The molecule has 4 saturated carbocycles. The van der Waals surface area contributed by atoms with Crippen LogP contribution < -0.4 is 4.52 Å². The molecule has 31 heavy (non-hydrogen) atoms. The third kappa shape index (κ3) is 3.51. The molecule has 1 aromatic carbocycles. The molecule has 3 atom stereocenters. The Labute approximate surface area is 180 Å². The van der Waals surface area contributed by atoms with E-state index in [1.807, 2.05) is 0 Å². The van der Waals surface area contributed by atoms with Crippen LogP contribution in [0.1, 0.15) is 37.7 Å². The molecule has 1 aromatic rings. The summed E-state index contributed by atoms with van der Waals surface area (Å²) in [6.45, 7) is -1.57. The van der Waals surface area contributed by atoms with Crippen molar-refractivity contribution >= 4 is 19.4 Å². The van der Waals surface area contributed by atoms with Gasteiger partial charge in [-0.15, -0.1) is 11.6 Å². The van der Waals surface area contributed by atoms with E-state index < -0.39 is 36.9 Å². The molecule has 0 aromatic heterocycles. The second-order valence-corrected chi connectivity index (χ2v) is 11.0. The number of ether oxygens (including phenoxy) is 1. The third-order valence-corrected chi connectivity index (χ3v) is 7.93. The Kier molecular flexibility index (Phi) is 4.83. The van der Waals surface area contributed by atoms with E-state index in [-0.39, 0.29) is 23.1 Å². The van der Waals surface area contributed by atoms with Crippen LogP contribution in [0, 0.1) is 17.8 Å². The monoisotopic (exact) mass is 484 g/mol. The van der Waals surface area contributed by atoms with Gasteiger partial charge in [0.15, 0.2) is 5.60 Å². The molecule has 1 aliphatic heterocycles. The van der Waals surface area contributed by atoms with Crippen LogP contribution in [0.2, 0.25) is 0 Å². The smallest absolute Gasteiger partial charge is 0.404 e. The van der Waals surface area contributed by atoms with Crippen LogP contribution in [-0.2, 0) is 24.9 Å². The van der Waals surface area contributed by atoms with Gasteiger partial charge in [0.1, 0.15) is 12.4 Å². The molecular weight excluding hydrogens is 464 g/mol. The first-order valence-corrected chi connectivity index (χ1v) is 11.9. The van der Waals surface area contributed by atoms with Crippen molar-refractivity contribution in [3.8, 4) is 5.75 Å². The van der Waals surface area contributed by atoms with Crippen molar-refractivity contribution in [3.63, 3.8) is 0 Å². The molecule has 12 heteroatoms. The number of halogens is 4. The predicted molar refractivity (Wildman–Crippen MR) is 99.8 cm³/mol. The topological polar surface area (TPSA) is 94.5 Å².